The first-order chi connectivity index (χ1) is 14.9. The summed E-state index contributed by atoms with van der Waals surface area (Å²) in [6, 6.07) is 0. The fourth-order valence-corrected chi connectivity index (χ4v) is 8.38. The van der Waals surface area contributed by atoms with Crippen molar-refractivity contribution in [2.75, 3.05) is 0 Å². The van der Waals surface area contributed by atoms with E-state index in [1.165, 1.54) is 0 Å². The van der Waals surface area contributed by atoms with Crippen LogP contribution in [0.5, 0.6) is 0 Å². The quantitative estimate of drug-likeness (QED) is 0.136. The lowest BCUT2D eigenvalue weighted by molar-refractivity contribution is 0.390. The Morgan fingerprint density at radius 3 is 0.781 bits per heavy atom. The number of hydrogen-bond acceptors (Lipinski definition) is 0. The Labute approximate surface area is 173 Å². The molecule has 2 bridgehead atoms. The highest BCUT2D eigenvalue weighted by Crippen LogP contribution is 2.44. The average Bonchev–Trinajstić information content (AvgIpc) is 2.78. The second-order valence-electron chi connectivity index (χ2n) is 7.12. The number of hydrogen-bond donors (Lipinski definition) is 0. The van der Waals surface area contributed by atoms with Crippen molar-refractivity contribution in [2.45, 2.75) is 5.92 Å². The average molecular weight is 484 g/mol. The zero-order chi connectivity index (χ0) is 23.5. The molecular formula is C19HAlF12. The maximum atomic E-state index is 14.7. The fourth-order valence-electron chi connectivity index (χ4n) is 4.56. The van der Waals surface area contributed by atoms with Crippen molar-refractivity contribution in [3.05, 3.63) is 86.5 Å². The molecular weight excluding hydrogens is 483 g/mol. The smallest absolute Gasteiger partial charge is 0.205 e. The van der Waals surface area contributed by atoms with Crippen molar-refractivity contribution in [1.29, 1.82) is 0 Å². The molecule has 0 unspecified atom stereocenters. The molecule has 3 aromatic rings. The molecule has 6 rings (SSSR count). The lowest BCUT2D eigenvalue weighted by Gasteiger charge is -2.41. The highest BCUT2D eigenvalue weighted by molar-refractivity contribution is 6.97. The maximum Gasteiger partial charge on any atom is 0.400 e. The Balaban J connectivity index is 2.09. The molecule has 0 aliphatic carbocycles. The highest BCUT2D eigenvalue weighted by Gasteiger charge is 2.56. The summed E-state index contributed by atoms with van der Waals surface area (Å²) in [5.74, 6) is -30.9. The van der Waals surface area contributed by atoms with Crippen LogP contribution in [-0.4, -0.2) is 14.1 Å². The van der Waals surface area contributed by atoms with E-state index in [4.69, 9.17) is 0 Å². The summed E-state index contributed by atoms with van der Waals surface area (Å²) >= 11 is -4.65. The highest BCUT2D eigenvalue weighted by atomic mass is 27.2. The monoisotopic (exact) mass is 484 g/mol. The second-order valence-corrected chi connectivity index (χ2v) is 9.71. The van der Waals surface area contributed by atoms with Crippen LogP contribution in [0.2, 0.25) is 0 Å². The van der Waals surface area contributed by atoms with Gasteiger partial charge in [-0.05, 0) is 16.7 Å². The van der Waals surface area contributed by atoms with Crippen molar-refractivity contribution in [1.82, 2.24) is 0 Å². The van der Waals surface area contributed by atoms with Gasteiger partial charge in [-0.3, -0.25) is 0 Å². The van der Waals surface area contributed by atoms with Crippen LogP contribution < -0.4 is 13.3 Å². The number of rotatable bonds is 0. The molecule has 3 aliphatic heterocycles. The van der Waals surface area contributed by atoms with Gasteiger partial charge in [0, 0.05) is 5.92 Å². The van der Waals surface area contributed by atoms with Crippen molar-refractivity contribution >= 4 is 27.4 Å². The van der Waals surface area contributed by atoms with E-state index in [9.17, 15) is 52.7 Å². The lowest BCUT2D eigenvalue weighted by atomic mass is 9.81. The van der Waals surface area contributed by atoms with Crippen LogP contribution in [-0.2, 0) is 0 Å². The van der Waals surface area contributed by atoms with Gasteiger partial charge in [0.25, 0.3) is 0 Å². The maximum absolute atomic E-state index is 14.7. The van der Waals surface area contributed by atoms with Crippen molar-refractivity contribution in [2.24, 2.45) is 0 Å². The summed E-state index contributed by atoms with van der Waals surface area (Å²) in [4.78, 5) is 0. The first-order valence-corrected chi connectivity index (χ1v) is 10.2. The largest absolute Gasteiger partial charge is 0.400 e. The van der Waals surface area contributed by atoms with Gasteiger partial charge in [-0.2, -0.15) is 0 Å². The van der Waals surface area contributed by atoms with Crippen LogP contribution in [0.25, 0.3) is 0 Å². The summed E-state index contributed by atoms with van der Waals surface area (Å²) in [7, 11) is 0. The molecule has 164 valence electrons. The molecule has 0 N–H and O–H groups in total. The van der Waals surface area contributed by atoms with Crippen molar-refractivity contribution in [3.63, 3.8) is 0 Å². The zero-order valence-electron chi connectivity index (χ0n) is 14.7. The molecule has 0 amide bonds. The number of halogens is 12. The third-order valence-electron chi connectivity index (χ3n) is 5.76. The van der Waals surface area contributed by atoms with Crippen LogP contribution >= 0.6 is 0 Å². The molecule has 0 nitrogen and oxygen atoms in total. The summed E-state index contributed by atoms with van der Waals surface area (Å²) in [5.41, 5.74) is -4.11. The molecule has 0 atom stereocenters. The van der Waals surface area contributed by atoms with E-state index in [0.29, 0.717) is 0 Å². The first kappa shape index (κ1) is 21.2. The summed E-state index contributed by atoms with van der Waals surface area (Å²) in [5, 5.41) is 0. The fraction of sp³-hybridized carbons (Fsp3) is 0.0526. The van der Waals surface area contributed by atoms with Crippen LogP contribution in [0, 0.1) is 69.8 Å². The van der Waals surface area contributed by atoms with Gasteiger partial charge in [-0.15, -0.1) is 0 Å². The van der Waals surface area contributed by atoms with E-state index in [2.05, 4.69) is 0 Å². The lowest BCUT2D eigenvalue weighted by Crippen LogP contribution is -2.67. The molecule has 3 aromatic carbocycles. The van der Waals surface area contributed by atoms with Crippen LogP contribution in [0.3, 0.4) is 0 Å². The molecule has 0 radical (unpaired) electrons. The Kier molecular flexibility index (Phi) is 4.27. The Morgan fingerprint density at radius 1 is 0.312 bits per heavy atom. The van der Waals surface area contributed by atoms with Gasteiger partial charge in [0.05, 0.1) is 0 Å². The minimum atomic E-state index is -4.65. The van der Waals surface area contributed by atoms with Crippen molar-refractivity contribution < 1.29 is 52.7 Å². The van der Waals surface area contributed by atoms with Crippen molar-refractivity contribution in [3.8, 4) is 0 Å². The Hall–Kier alpha value is -2.65. The van der Waals surface area contributed by atoms with E-state index in [1.807, 2.05) is 0 Å². The minimum absolute atomic E-state index is 1.29. The third kappa shape index (κ3) is 2.18. The van der Waals surface area contributed by atoms with Gasteiger partial charge in [0.1, 0.15) is 17.5 Å². The van der Waals surface area contributed by atoms with Gasteiger partial charge < -0.3 is 0 Å². The standard InChI is InChI=1S/C19HF12.Al/c20-7-1-4(11(23)17(29)14(7)26)10(5-2-8(21)15(27)18(30)12(5)24)6-3-9(22)16(28)19(31)13(6)25;/h10H;. The molecule has 3 heterocycles. The van der Waals surface area contributed by atoms with Gasteiger partial charge >= 0.3 is 14.1 Å². The van der Waals surface area contributed by atoms with E-state index < -0.39 is 120 Å². The van der Waals surface area contributed by atoms with Gasteiger partial charge in [-0.25, -0.2) is 52.7 Å². The molecule has 13 heteroatoms. The topological polar surface area (TPSA) is 0 Å². The predicted molar refractivity (Wildman–Crippen MR) is 84.4 cm³/mol. The molecule has 0 aromatic heterocycles. The molecule has 32 heavy (non-hydrogen) atoms. The third-order valence-corrected chi connectivity index (χ3v) is 9.18. The van der Waals surface area contributed by atoms with Gasteiger partial charge in [-0.1, -0.05) is 13.3 Å². The second kappa shape index (κ2) is 6.45. The zero-order valence-corrected chi connectivity index (χ0v) is 15.8. The predicted octanol–water partition coefficient (Wildman–Crippen LogP) is 3.68. The number of benzene rings is 3. The summed E-state index contributed by atoms with van der Waals surface area (Å²) in [6.07, 6.45) is 0. The molecule has 0 fully saturated rings. The Bertz CT molecular complexity index is 1140. The molecule has 0 saturated heterocycles. The SMILES string of the molecule is Fc1c(F)c(F)[c]2c(c1F)C1c3c(F)c(F)c(F)c(F)[c]3[Al]2[c]2c(F)c(F)c(F)c(F)c21. The molecule has 3 aliphatic rings. The van der Waals surface area contributed by atoms with Crippen LogP contribution in [0.4, 0.5) is 52.7 Å². The Morgan fingerprint density at radius 2 is 0.531 bits per heavy atom. The minimum Gasteiger partial charge on any atom is -0.205 e. The van der Waals surface area contributed by atoms with E-state index in [-0.39, 0.29) is 0 Å². The van der Waals surface area contributed by atoms with E-state index >= 15 is 0 Å². The molecule has 0 saturated carbocycles. The van der Waals surface area contributed by atoms with E-state index in [0.717, 1.165) is 0 Å². The van der Waals surface area contributed by atoms with Gasteiger partial charge in [0.2, 0.25) is 0 Å². The first-order valence-electron chi connectivity index (χ1n) is 8.50. The van der Waals surface area contributed by atoms with Crippen LogP contribution in [0.15, 0.2) is 0 Å². The van der Waals surface area contributed by atoms with E-state index in [1.54, 1.807) is 0 Å². The summed E-state index contributed by atoms with van der Waals surface area (Å²) < 4.78 is 168. The molecule has 0 spiro atoms. The summed E-state index contributed by atoms with van der Waals surface area (Å²) in [6.45, 7) is 0. The van der Waals surface area contributed by atoms with Crippen LogP contribution in [0.1, 0.15) is 22.6 Å². The normalized spacial score (nSPS) is 14.1. The van der Waals surface area contributed by atoms with Gasteiger partial charge in [0.15, 0.2) is 52.4 Å².